The van der Waals surface area contributed by atoms with Crippen molar-refractivity contribution in [2.45, 2.75) is 77.6 Å². The Bertz CT molecular complexity index is 254. The Kier molecular flexibility index (Phi) is 14.2. The second-order valence-corrected chi connectivity index (χ2v) is 5.10. The second-order valence-electron chi connectivity index (χ2n) is 5.10. The van der Waals surface area contributed by atoms with Gasteiger partial charge in [0.25, 0.3) is 0 Å². The molecule has 0 aromatic heterocycles. The Labute approximate surface area is 118 Å². The molecular weight excluding hydrogens is 236 g/mol. The number of hydrogen-bond donors (Lipinski definition) is 1. The topological polar surface area (TPSA) is 37.3 Å². The van der Waals surface area contributed by atoms with Gasteiger partial charge in [0.05, 0.1) is 0 Å². The van der Waals surface area contributed by atoms with Crippen LogP contribution in [0.3, 0.4) is 0 Å². The molecule has 1 N–H and O–H groups in total. The van der Waals surface area contributed by atoms with Gasteiger partial charge in [0.1, 0.15) is 0 Å². The maximum absolute atomic E-state index is 10.2. The third-order valence-electron chi connectivity index (χ3n) is 3.21. The summed E-state index contributed by atoms with van der Waals surface area (Å²) in [5, 5.41) is 8.38. The van der Waals surface area contributed by atoms with Gasteiger partial charge in [-0.05, 0) is 12.8 Å². The zero-order valence-electron chi connectivity index (χ0n) is 12.4. The second kappa shape index (κ2) is 15.0. The van der Waals surface area contributed by atoms with Gasteiger partial charge in [0.15, 0.2) is 0 Å². The summed E-state index contributed by atoms with van der Waals surface area (Å²) in [5.41, 5.74) is 0. The lowest BCUT2D eigenvalue weighted by Crippen LogP contribution is -1.84. The summed E-state index contributed by atoms with van der Waals surface area (Å²) in [6, 6.07) is 0. The number of aliphatic carboxylic acids is 1. The first kappa shape index (κ1) is 17.9. The van der Waals surface area contributed by atoms with Crippen LogP contribution >= 0.6 is 0 Å². The lowest BCUT2D eigenvalue weighted by Gasteiger charge is -2.01. The smallest absolute Gasteiger partial charge is 0.328 e. The number of carboxylic acids is 1. The largest absolute Gasteiger partial charge is 0.478 e. The van der Waals surface area contributed by atoms with Gasteiger partial charge < -0.3 is 5.11 Å². The van der Waals surface area contributed by atoms with E-state index in [-0.39, 0.29) is 0 Å². The van der Waals surface area contributed by atoms with Crippen molar-refractivity contribution >= 4 is 5.97 Å². The van der Waals surface area contributed by atoms with Crippen LogP contribution < -0.4 is 0 Å². The Morgan fingerprint density at radius 1 is 0.842 bits per heavy atom. The van der Waals surface area contributed by atoms with E-state index in [9.17, 15) is 4.79 Å². The highest BCUT2D eigenvalue weighted by Crippen LogP contribution is 2.11. The van der Waals surface area contributed by atoms with E-state index in [0.29, 0.717) is 0 Å². The van der Waals surface area contributed by atoms with Crippen molar-refractivity contribution in [2.24, 2.45) is 0 Å². The highest BCUT2D eigenvalue weighted by atomic mass is 16.4. The summed E-state index contributed by atoms with van der Waals surface area (Å²) in [5.74, 6) is -0.886. The van der Waals surface area contributed by atoms with Crippen LogP contribution in [-0.2, 0) is 4.79 Å². The molecule has 0 radical (unpaired) electrons. The van der Waals surface area contributed by atoms with E-state index in [1.165, 1.54) is 64.2 Å². The number of carboxylic acid groups (broad SMARTS) is 1. The fourth-order valence-electron chi connectivity index (χ4n) is 2.06. The van der Waals surface area contributed by atoms with Gasteiger partial charge in [-0.3, -0.25) is 0 Å². The molecule has 0 heterocycles. The standard InChI is InChI=1S/C17H30O2/c1-2-3-4-5-6-7-8-9-10-11-12-13-14-15-16-17(18)19/h13-16H,2-12H2,1H3,(H,18,19). The minimum atomic E-state index is -0.886. The molecule has 0 amide bonds. The molecule has 110 valence electrons. The molecule has 0 saturated heterocycles. The Morgan fingerprint density at radius 3 is 1.89 bits per heavy atom. The fourth-order valence-corrected chi connectivity index (χ4v) is 2.06. The number of unbranched alkanes of at least 4 members (excludes halogenated alkanes) is 10. The highest BCUT2D eigenvalue weighted by Gasteiger charge is 1.91. The first-order valence-corrected chi connectivity index (χ1v) is 7.83. The predicted octanol–water partition coefficient (Wildman–Crippen LogP) is 5.49. The molecule has 0 bridgehead atoms. The van der Waals surface area contributed by atoms with Crippen LogP contribution in [0, 0.1) is 0 Å². The Morgan fingerprint density at radius 2 is 1.37 bits per heavy atom. The molecule has 19 heavy (non-hydrogen) atoms. The van der Waals surface area contributed by atoms with Crippen molar-refractivity contribution in [3.05, 3.63) is 24.3 Å². The van der Waals surface area contributed by atoms with Crippen molar-refractivity contribution < 1.29 is 9.90 Å². The lowest BCUT2D eigenvalue weighted by atomic mass is 10.1. The van der Waals surface area contributed by atoms with Crippen molar-refractivity contribution in [2.75, 3.05) is 0 Å². The average molecular weight is 266 g/mol. The van der Waals surface area contributed by atoms with Crippen molar-refractivity contribution in [3.63, 3.8) is 0 Å². The molecule has 2 nitrogen and oxygen atoms in total. The minimum Gasteiger partial charge on any atom is -0.478 e. The minimum absolute atomic E-state index is 0.886. The number of carbonyl (C=O) groups is 1. The molecule has 0 rings (SSSR count). The fraction of sp³-hybridized carbons (Fsp3) is 0.706. The molecule has 0 spiro atoms. The van der Waals surface area contributed by atoms with Crippen LogP contribution in [-0.4, -0.2) is 11.1 Å². The molecule has 2 heteroatoms. The van der Waals surface area contributed by atoms with Crippen molar-refractivity contribution in [1.29, 1.82) is 0 Å². The molecular formula is C17H30O2. The average Bonchev–Trinajstić information content (AvgIpc) is 2.39. The van der Waals surface area contributed by atoms with E-state index in [1.54, 1.807) is 6.08 Å². The van der Waals surface area contributed by atoms with Crippen LogP contribution in [0.4, 0.5) is 0 Å². The summed E-state index contributed by atoms with van der Waals surface area (Å²) in [7, 11) is 0. The van der Waals surface area contributed by atoms with E-state index in [1.807, 2.05) is 12.2 Å². The van der Waals surface area contributed by atoms with Gasteiger partial charge in [-0.1, -0.05) is 82.9 Å². The first-order chi connectivity index (χ1) is 9.27. The molecule has 0 aliphatic carbocycles. The first-order valence-electron chi connectivity index (χ1n) is 7.83. The summed E-state index contributed by atoms with van der Waals surface area (Å²) in [6.07, 6.45) is 21.2. The van der Waals surface area contributed by atoms with Gasteiger partial charge in [-0.15, -0.1) is 0 Å². The molecule has 0 aromatic carbocycles. The van der Waals surface area contributed by atoms with E-state index >= 15 is 0 Å². The predicted molar refractivity (Wildman–Crippen MR) is 82.4 cm³/mol. The van der Waals surface area contributed by atoms with Crippen LogP contribution in [0.1, 0.15) is 77.6 Å². The van der Waals surface area contributed by atoms with E-state index in [2.05, 4.69) is 6.92 Å². The van der Waals surface area contributed by atoms with Gasteiger partial charge in [0, 0.05) is 6.08 Å². The van der Waals surface area contributed by atoms with Crippen molar-refractivity contribution in [1.82, 2.24) is 0 Å². The number of allylic oxidation sites excluding steroid dienone is 3. The molecule has 0 aliphatic rings. The number of rotatable bonds is 13. The zero-order valence-corrected chi connectivity index (χ0v) is 12.4. The maximum atomic E-state index is 10.2. The van der Waals surface area contributed by atoms with Crippen LogP contribution in [0.2, 0.25) is 0 Å². The third-order valence-corrected chi connectivity index (χ3v) is 3.21. The SMILES string of the molecule is CCCCCCCCCCCCC=CC=CC(=O)O. The maximum Gasteiger partial charge on any atom is 0.328 e. The number of hydrogen-bond acceptors (Lipinski definition) is 1. The molecule has 0 atom stereocenters. The molecule has 0 aromatic rings. The zero-order chi connectivity index (χ0) is 14.2. The summed E-state index contributed by atoms with van der Waals surface area (Å²) in [6.45, 7) is 2.26. The lowest BCUT2D eigenvalue weighted by molar-refractivity contribution is -0.131. The normalized spacial score (nSPS) is 11.6. The summed E-state index contributed by atoms with van der Waals surface area (Å²) >= 11 is 0. The van der Waals surface area contributed by atoms with Gasteiger partial charge in [-0.25, -0.2) is 4.79 Å². The van der Waals surface area contributed by atoms with Crippen LogP contribution in [0.5, 0.6) is 0 Å². The molecule has 0 aliphatic heterocycles. The van der Waals surface area contributed by atoms with E-state index in [4.69, 9.17) is 5.11 Å². The van der Waals surface area contributed by atoms with E-state index < -0.39 is 5.97 Å². The monoisotopic (exact) mass is 266 g/mol. The molecule has 0 unspecified atom stereocenters. The summed E-state index contributed by atoms with van der Waals surface area (Å²) in [4.78, 5) is 10.2. The van der Waals surface area contributed by atoms with Crippen LogP contribution in [0.25, 0.3) is 0 Å². The molecule has 0 saturated carbocycles. The van der Waals surface area contributed by atoms with Crippen molar-refractivity contribution in [3.8, 4) is 0 Å². The highest BCUT2D eigenvalue weighted by molar-refractivity contribution is 5.80. The van der Waals surface area contributed by atoms with Crippen LogP contribution in [0.15, 0.2) is 24.3 Å². The van der Waals surface area contributed by atoms with Gasteiger partial charge in [-0.2, -0.15) is 0 Å². The summed E-state index contributed by atoms with van der Waals surface area (Å²) < 4.78 is 0. The Balaban J connectivity index is 3.12. The third kappa shape index (κ3) is 16.9. The van der Waals surface area contributed by atoms with Gasteiger partial charge in [0.2, 0.25) is 0 Å². The van der Waals surface area contributed by atoms with Gasteiger partial charge >= 0.3 is 5.97 Å². The Hall–Kier alpha value is -1.05. The molecule has 0 fully saturated rings. The quantitative estimate of drug-likeness (QED) is 0.272. The van der Waals surface area contributed by atoms with E-state index in [0.717, 1.165) is 12.5 Å².